The van der Waals surface area contributed by atoms with E-state index in [-0.39, 0.29) is 0 Å². The standard InChI is InChI=1S/C23H23N5S/c1-16-19(18-7-9-24-10-8-18)4-5-20-22(16)29-23(26-20)27-21-14-17(6-11-25-21)15-28-12-2-3-13-28/h4-11,14H,2-3,12-13,15H2,1H3,(H,25,26,27). The number of anilines is 2. The van der Waals surface area contributed by atoms with Gasteiger partial charge in [-0.25, -0.2) is 9.97 Å². The van der Waals surface area contributed by atoms with Crippen LogP contribution in [0.1, 0.15) is 24.0 Å². The predicted molar refractivity (Wildman–Crippen MR) is 120 cm³/mol. The van der Waals surface area contributed by atoms with Crippen LogP contribution in [0.5, 0.6) is 0 Å². The van der Waals surface area contributed by atoms with Gasteiger partial charge in [0.05, 0.1) is 10.2 Å². The van der Waals surface area contributed by atoms with Crippen LogP contribution in [0.2, 0.25) is 0 Å². The third-order valence-corrected chi connectivity index (χ3v) is 6.57. The summed E-state index contributed by atoms with van der Waals surface area (Å²) in [5, 5.41) is 4.29. The monoisotopic (exact) mass is 401 g/mol. The number of aromatic nitrogens is 3. The molecule has 3 aromatic heterocycles. The van der Waals surface area contributed by atoms with Crippen LogP contribution in [0, 0.1) is 6.92 Å². The van der Waals surface area contributed by atoms with Crippen LogP contribution in [0.4, 0.5) is 10.9 Å². The van der Waals surface area contributed by atoms with Gasteiger partial charge in [0.15, 0.2) is 5.13 Å². The summed E-state index contributed by atoms with van der Waals surface area (Å²) in [4.78, 5) is 15.9. The van der Waals surface area contributed by atoms with Crippen molar-refractivity contribution in [3.05, 3.63) is 66.1 Å². The number of benzene rings is 1. The number of rotatable bonds is 5. The number of fused-ring (bicyclic) bond motifs is 1. The molecule has 0 atom stereocenters. The molecule has 1 fully saturated rings. The Bertz CT molecular complexity index is 1130. The van der Waals surface area contributed by atoms with Crippen molar-refractivity contribution in [3.63, 3.8) is 0 Å². The molecule has 5 nitrogen and oxygen atoms in total. The highest BCUT2D eigenvalue weighted by molar-refractivity contribution is 7.22. The van der Waals surface area contributed by atoms with Crippen molar-refractivity contribution in [3.8, 4) is 11.1 Å². The van der Waals surface area contributed by atoms with Gasteiger partial charge in [0, 0.05) is 25.1 Å². The summed E-state index contributed by atoms with van der Waals surface area (Å²) < 4.78 is 1.20. The van der Waals surface area contributed by atoms with Crippen LogP contribution in [0.25, 0.3) is 21.3 Å². The topological polar surface area (TPSA) is 53.9 Å². The first-order chi connectivity index (χ1) is 14.3. The Morgan fingerprint density at radius 1 is 1.03 bits per heavy atom. The zero-order valence-electron chi connectivity index (χ0n) is 16.4. The Kier molecular flexibility index (Phi) is 4.96. The Morgan fingerprint density at radius 2 is 1.86 bits per heavy atom. The van der Waals surface area contributed by atoms with Gasteiger partial charge in [-0.15, -0.1) is 0 Å². The van der Waals surface area contributed by atoms with Crippen LogP contribution < -0.4 is 5.32 Å². The number of hydrogen-bond acceptors (Lipinski definition) is 6. The summed E-state index contributed by atoms with van der Waals surface area (Å²) in [6.07, 6.45) is 8.16. The lowest BCUT2D eigenvalue weighted by atomic mass is 10.0. The second kappa shape index (κ2) is 7.89. The van der Waals surface area contributed by atoms with Crippen molar-refractivity contribution in [2.75, 3.05) is 18.4 Å². The summed E-state index contributed by atoms with van der Waals surface area (Å²) in [6.45, 7) is 5.55. The van der Waals surface area contributed by atoms with Gasteiger partial charge in [-0.3, -0.25) is 9.88 Å². The van der Waals surface area contributed by atoms with Gasteiger partial charge in [-0.05, 0) is 85.4 Å². The molecular weight excluding hydrogens is 378 g/mol. The lowest BCUT2D eigenvalue weighted by molar-refractivity contribution is 0.331. The summed E-state index contributed by atoms with van der Waals surface area (Å²) in [7, 11) is 0. The fourth-order valence-corrected chi connectivity index (χ4v) is 4.94. The summed E-state index contributed by atoms with van der Waals surface area (Å²) in [6, 6.07) is 12.6. The molecule has 0 aliphatic carbocycles. The number of aryl methyl sites for hydroxylation is 1. The molecule has 5 rings (SSSR count). The molecule has 0 radical (unpaired) electrons. The lowest BCUT2D eigenvalue weighted by Gasteiger charge is -2.14. The van der Waals surface area contributed by atoms with Crippen LogP contribution >= 0.6 is 11.3 Å². The highest BCUT2D eigenvalue weighted by Crippen LogP contribution is 2.35. The highest BCUT2D eigenvalue weighted by Gasteiger charge is 2.13. The van der Waals surface area contributed by atoms with Gasteiger partial charge >= 0.3 is 0 Å². The third-order valence-electron chi connectivity index (χ3n) is 5.46. The minimum Gasteiger partial charge on any atom is -0.316 e. The van der Waals surface area contributed by atoms with Crippen molar-refractivity contribution >= 4 is 32.5 Å². The number of pyridine rings is 2. The largest absolute Gasteiger partial charge is 0.316 e. The predicted octanol–water partition coefficient (Wildman–Crippen LogP) is 5.40. The molecule has 0 unspecified atom stereocenters. The van der Waals surface area contributed by atoms with Crippen LogP contribution in [0.3, 0.4) is 0 Å². The molecule has 0 spiro atoms. The summed E-state index contributed by atoms with van der Waals surface area (Å²) in [5.74, 6) is 0.854. The zero-order valence-corrected chi connectivity index (χ0v) is 17.2. The van der Waals surface area contributed by atoms with Gasteiger partial charge in [0.25, 0.3) is 0 Å². The Morgan fingerprint density at radius 3 is 2.69 bits per heavy atom. The molecule has 1 N–H and O–H groups in total. The fourth-order valence-electron chi connectivity index (χ4n) is 3.97. The summed E-state index contributed by atoms with van der Waals surface area (Å²) >= 11 is 1.68. The number of nitrogens with one attached hydrogen (secondary N) is 1. The second-order valence-corrected chi connectivity index (χ2v) is 8.50. The Labute approximate surface area is 174 Å². The zero-order chi connectivity index (χ0) is 19.6. The molecule has 1 aromatic carbocycles. The molecule has 0 bridgehead atoms. The van der Waals surface area contributed by atoms with Gasteiger partial charge in [-0.2, -0.15) is 0 Å². The van der Waals surface area contributed by atoms with Crippen molar-refractivity contribution in [1.82, 2.24) is 19.9 Å². The van der Waals surface area contributed by atoms with Gasteiger partial charge < -0.3 is 5.32 Å². The lowest BCUT2D eigenvalue weighted by Crippen LogP contribution is -2.18. The normalized spacial score (nSPS) is 14.5. The van der Waals surface area contributed by atoms with E-state index in [2.05, 4.69) is 51.4 Å². The van der Waals surface area contributed by atoms with E-state index in [1.165, 1.54) is 52.9 Å². The molecule has 29 heavy (non-hydrogen) atoms. The SMILES string of the molecule is Cc1c(-c2ccncc2)ccc2nc(Nc3cc(CN4CCCC4)ccn3)sc12. The molecular formula is C23H23N5S. The molecule has 1 saturated heterocycles. The smallest absolute Gasteiger partial charge is 0.189 e. The minimum atomic E-state index is 0.854. The first kappa shape index (κ1) is 18.2. The summed E-state index contributed by atoms with van der Waals surface area (Å²) in [5.41, 5.74) is 5.96. The second-order valence-electron chi connectivity index (χ2n) is 7.50. The molecule has 1 aliphatic rings. The van der Waals surface area contributed by atoms with Crippen molar-refractivity contribution < 1.29 is 0 Å². The molecule has 146 valence electrons. The molecule has 6 heteroatoms. The molecule has 0 saturated carbocycles. The van der Waals surface area contributed by atoms with Crippen molar-refractivity contribution in [1.29, 1.82) is 0 Å². The number of hydrogen-bond donors (Lipinski definition) is 1. The van der Waals surface area contributed by atoms with Crippen molar-refractivity contribution in [2.45, 2.75) is 26.3 Å². The maximum absolute atomic E-state index is 4.78. The van der Waals surface area contributed by atoms with E-state index in [4.69, 9.17) is 4.98 Å². The third kappa shape index (κ3) is 3.86. The maximum atomic E-state index is 4.78. The molecule has 1 aliphatic heterocycles. The average molecular weight is 402 g/mol. The van der Waals surface area contributed by atoms with E-state index < -0.39 is 0 Å². The first-order valence-corrected chi connectivity index (χ1v) is 10.8. The number of thiazole rings is 1. The van der Waals surface area contributed by atoms with Gasteiger partial charge in [-0.1, -0.05) is 17.4 Å². The van der Waals surface area contributed by atoms with E-state index in [0.29, 0.717) is 0 Å². The van der Waals surface area contributed by atoms with E-state index in [9.17, 15) is 0 Å². The van der Waals surface area contributed by atoms with E-state index in [1.807, 2.05) is 30.7 Å². The van der Waals surface area contributed by atoms with E-state index in [1.54, 1.807) is 11.3 Å². The van der Waals surface area contributed by atoms with Gasteiger partial charge in [0.1, 0.15) is 5.82 Å². The number of likely N-dealkylation sites (tertiary alicyclic amines) is 1. The Hall–Kier alpha value is -2.83. The molecule has 0 amide bonds. The van der Waals surface area contributed by atoms with Crippen molar-refractivity contribution in [2.24, 2.45) is 0 Å². The highest BCUT2D eigenvalue weighted by atomic mass is 32.1. The molecule has 4 heterocycles. The quantitative estimate of drug-likeness (QED) is 0.485. The van der Waals surface area contributed by atoms with Crippen LogP contribution in [-0.2, 0) is 6.54 Å². The Balaban J connectivity index is 1.40. The fraction of sp³-hybridized carbons (Fsp3) is 0.261. The van der Waals surface area contributed by atoms with Crippen LogP contribution in [-0.4, -0.2) is 32.9 Å². The minimum absolute atomic E-state index is 0.854. The average Bonchev–Trinajstić information content (AvgIpc) is 3.39. The maximum Gasteiger partial charge on any atom is 0.189 e. The first-order valence-electron chi connectivity index (χ1n) is 10.0. The molecule has 4 aromatic rings. The van der Waals surface area contributed by atoms with E-state index >= 15 is 0 Å². The van der Waals surface area contributed by atoms with E-state index in [0.717, 1.165) is 23.0 Å². The number of nitrogens with zero attached hydrogens (tertiary/aromatic N) is 4. The van der Waals surface area contributed by atoms with Crippen LogP contribution in [0.15, 0.2) is 55.0 Å². The van der Waals surface area contributed by atoms with Gasteiger partial charge in [0.2, 0.25) is 0 Å².